The van der Waals surface area contributed by atoms with Crippen LogP contribution in [-0.2, 0) is 19.1 Å². The zero-order valence-corrected chi connectivity index (χ0v) is 21.4. The van der Waals surface area contributed by atoms with Crippen molar-refractivity contribution in [1.29, 1.82) is 0 Å². The van der Waals surface area contributed by atoms with E-state index in [-0.39, 0.29) is 39.2 Å². The normalized spacial score (nSPS) is 45.3. The van der Waals surface area contributed by atoms with Gasteiger partial charge in [0.1, 0.15) is 0 Å². The maximum absolute atomic E-state index is 13.1. The maximum Gasteiger partial charge on any atom is 0.303 e. The molecule has 178 valence electrons. The average molecular weight is 443 g/mol. The standard InChI is InChI=1S/C28H42O4/c1-10-22(31)11-12-23(5)17-19(2)18-27(9)24(23,6)13-14-26(8)25(27,7)15-16-28(26,20(3)29)32-21(4)30/h10,18H,1,11-17H2,2-9H3/t23-,24+,25+,26-,27+,28-/m0/s1. The van der Waals surface area contributed by atoms with Crippen LogP contribution in [0.3, 0.4) is 0 Å². The first-order valence-corrected chi connectivity index (χ1v) is 12.1. The number of Topliss-reactive ketones (excluding diaryl/α,β-unsaturated/α-hetero) is 1. The monoisotopic (exact) mass is 442 g/mol. The molecule has 0 amide bonds. The van der Waals surface area contributed by atoms with Crippen LogP contribution in [0.1, 0.15) is 100 Å². The van der Waals surface area contributed by atoms with Crippen molar-refractivity contribution >= 4 is 17.5 Å². The molecule has 4 heteroatoms. The van der Waals surface area contributed by atoms with E-state index in [0.29, 0.717) is 12.8 Å². The van der Waals surface area contributed by atoms with E-state index in [1.165, 1.54) is 18.6 Å². The number of carbonyl (C=O) groups is 3. The summed E-state index contributed by atoms with van der Waals surface area (Å²) in [4.78, 5) is 37.4. The molecule has 0 aromatic rings. The summed E-state index contributed by atoms with van der Waals surface area (Å²) in [6.07, 6.45) is 9.35. The van der Waals surface area contributed by atoms with Crippen molar-refractivity contribution < 1.29 is 19.1 Å². The molecular formula is C28H42O4. The molecule has 2 fully saturated rings. The van der Waals surface area contributed by atoms with E-state index in [1.807, 2.05) is 0 Å². The van der Waals surface area contributed by atoms with E-state index < -0.39 is 11.0 Å². The second kappa shape index (κ2) is 7.40. The van der Waals surface area contributed by atoms with Gasteiger partial charge in [-0.3, -0.25) is 14.4 Å². The second-order valence-corrected chi connectivity index (χ2v) is 12.1. The summed E-state index contributed by atoms with van der Waals surface area (Å²) >= 11 is 0. The van der Waals surface area contributed by atoms with Crippen molar-refractivity contribution in [3.05, 3.63) is 24.3 Å². The molecular weight excluding hydrogens is 400 g/mol. The fraction of sp³-hybridized carbons (Fsp3) is 0.750. The zero-order valence-electron chi connectivity index (χ0n) is 21.4. The summed E-state index contributed by atoms with van der Waals surface area (Å²) in [5.74, 6) is -0.323. The largest absolute Gasteiger partial charge is 0.451 e. The summed E-state index contributed by atoms with van der Waals surface area (Å²) in [5.41, 5.74) is -0.746. The molecule has 6 atom stereocenters. The minimum absolute atomic E-state index is 0.0398. The number of fused-ring (bicyclic) bond motifs is 3. The van der Waals surface area contributed by atoms with Crippen molar-refractivity contribution in [1.82, 2.24) is 0 Å². The minimum atomic E-state index is -1.08. The van der Waals surface area contributed by atoms with E-state index in [4.69, 9.17) is 4.74 Å². The number of hydrogen-bond acceptors (Lipinski definition) is 4. The fourth-order valence-electron chi connectivity index (χ4n) is 8.62. The van der Waals surface area contributed by atoms with E-state index >= 15 is 0 Å². The highest BCUT2D eigenvalue weighted by Crippen LogP contribution is 2.80. The Morgan fingerprint density at radius 2 is 1.53 bits per heavy atom. The van der Waals surface area contributed by atoms with Gasteiger partial charge in [-0.2, -0.15) is 0 Å². The van der Waals surface area contributed by atoms with E-state index in [0.717, 1.165) is 32.1 Å². The lowest BCUT2D eigenvalue weighted by molar-refractivity contribution is -0.233. The van der Waals surface area contributed by atoms with Crippen molar-refractivity contribution in [2.45, 2.75) is 106 Å². The third-order valence-electron chi connectivity index (χ3n) is 11.1. The van der Waals surface area contributed by atoms with Crippen LogP contribution in [0.25, 0.3) is 0 Å². The summed E-state index contributed by atoms with van der Waals surface area (Å²) in [5, 5.41) is 0. The highest BCUT2D eigenvalue weighted by molar-refractivity contribution is 5.89. The van der Waals surface area contributed by atoms with E-state index in [1.54, 1.807) is 6.92 Å². The zero-order chi connectivity index (χ0) is 24.4. The van der Waals surface area contributed by atoms with Crippen LogP contribution in [0.5, 0.6) is 0 Å². The van der Waals surface area contributed by atoms with Crippen LogP contribution >= 0.6 is 0 Å². The molecule has 4 nitrogen and oxygen atoms in total. The van der Waals surface area contributed by atoms with Gasteiger partial charge in [0.15, 0.2) is 17.2 Å². The van der Waals surface area contributed by atoms with Crippen molar-refractivity contribution in [2.24, 2.45) is 27.1 Å². The Morgan fingerprint density at radius 1 is 0.969 bits per heavy atom. The topological polar surface area (TPSA) is 60.4 Å². The smallest absolute Gasteiger partial charge is 0.303 e. The summed E-state index contributed by atoms with van der Waals surface area (Å²) in [7, 11) is 0. The molecule has 0 saturated heterocycles. The molecule has 0 aromatic heterocycles. The van der Waals surface area contributed by atoms with Gasteiger partial charge in [0.05, 0.1) is 0 Å². The lowest BCUT2D eigenvalue weighted by Gasteiger charge is -2.72. The SMILES string of the molecule is C=CC(=O)CC[C@@]1(C)CC(C)=C[C@@]2(C)[C@]3(C)CC[C@](OC(C)=O)(C(C)=O)[C@@]3(C)CC[C@]12C. The molecule has 3 aliphatic rings. The molecule has 0 N–H and O–H groups in total. The van der Waals surface area contributed by atoms with Crippen molar-refractivity contribution in [2.75, 3.05) is 0 Å². The molecule has 0 aliphatic heterocycles. The van der Waals surface area contributed by atoms with Gasteiger partial charge in [0.25, 0.3) is 0 Å². The fourth-order valence-corrected chi connectivity index (χ4v) is 8.62. The molecule has 0 bridgehead atoms. The summed E-state index contributed by atoms with van der Waals surface area (Å²) in [6, 6.07) is 0. The first kappa shape index (κ1) is 24.9. The molecule has 32 heavy (non-hydrogen) atoms. The number of rotatable bonds is 6. The third kappa shape index (κ3) is 2.83. The Bertz CT molecular complexity index is 901. The van der Waals surface area contributed by atoms with Gasteiger partial charge in [0.2, 0.25) is 0 Å². The Labute approximate surface area is 194 Å². The molecule has 0 radical (unpaired) electrons. The molecule has 0 heterocycles. The van der Waals surface area contributed by atoms with Crippen LogP contribution in [0.2, 0.25) is 0 Å². The Kier molecular flexibility index (Phi) is 5.76. The number of hydrogen-bond donors (Lipinski definition) is 0. The van der Waals surface area contributed by atoms with Gasteiger partial charge in [-0.05, 0) is 80.1 Å². The number of ether oxygens (including phenoxy) is 1. The highest BCUT2D eigenvalue weighted by Gasteiger charge is 2.78. The molecule has 0 unspecified atom stereocenters. The van der Waals surface area contributed by atoms with Crippen molar-refractivity contribution in [3.63, 3.8) is 0 Å². The average Bonchev–Trinajstić information content (AvgIpc) is 2.92. The molecule has 0 spiro atoms. The number of carbonyl (C=O) groups excluding carboxylic acids is 3. The number of ketones is 2. The van der Waals surface area contributed by atoms with E-state index in [2.05, 4.69) is 54.2 Å². The van der Waals surface area contributed by atoms with Gasteiger partial charge in [-0.1, -0.05) is 52.8 Å². The van der Waals surface area contributed by atoms with Crippen LogP contribution in [0.15, 0.2) is 24.3 Å². The van der Waals surface area contributed by atoms with Gasteiger partial charge in [-0.25, -0.2) is 0 Å². The lowest BCUT2D eigenvalue weighted by atomic mass is 9.32. The van der Waals surface area contributed by atoms with E-state index in [9.17, 15) is 14.4 Å². The predicted molar refractivity (Wildman–Crippen MR) is 127 cm³/mol. The number of esters is 1. The first-order valence-electron chi connectivity index (χ1n) is 12.1. The van der Waals surface area contributed by atoms with Gasteiger partial charge in [-0.15, -0.1) is 0 Å². The van der Waals surface area contributed by atoms with Crippen LogP contribution in [0, 0.1) is 27.1 Å². The number of allylic oxidation sites excluding steroid dienone is 3. The molecule has 3 rings (SSSR count). The van der Waals surface area contributed by atoms with Crippen LogP contribution < -0.4 is 0 Å². The van der Waals surface area contributed by atoms with Crippen LogP contribution in [0.4, 0.5) is 0 Å². The highest BCUT2D eigenvalue weighted by atomic mass is 16.6. The minimum Gasteiger partial charge on any atom is -0.451 e. The quantitative estimate of drug-likeness (QED) is 0.272. The molecule has 3 aliphatic carbocycles. The third-order valence-corrected chi connectivity index (χ3v) is 11.1. The van der Waals surface area contributed by atoms with Gasteiger partial charge in [0, 0.05) is 18.8 Å². The van der Waals surface area contributed by atoms with Gasteiger partial charge < -0.3 is 4.74 Å². The molecule has 2 saturated carbocycles. The van der Waals surface area contributed by atoms with Crippen molar-refractivity contribution in [3.8, 4) is 0 Å². The Balaban J connectivity index is 2.18. The summed E-state index contributed by atoms with van der Waals surface area (Å²) < 4.78 is 5.96. The predicted octanol–water partition coefficient (Wildman–Crippen LogP) is 6.38. The van der Waals surface area contributed by atoms with Gasteiger partial charge >= 0.3 is 5.97 Å². The first-order chi connectivity index (χ1) is 14.6. The second-order valence-electron chi connectivity index (χ2n) is 12.1. The molecule has 0 aromatic carbocycles. The Hall–Kier alpha value is -1.71. The summed E-state index contributed by atoms with van der Waals surface area (Å²) in [6.45, 7) is 20.5. The lowest BCUT2D eigenvalue weighted by Crippen LogP contribution is -2.68. The Morgan fingerprint density at radius 3 is 2.06 bits per heavy atom. The maximum atomic E-state index is 13.1. The van der Waals surface area contributed by atoms with Crippen LogP contribution in [-0.4, -0.2) is 23.1 Å².